The molecule has 0 saturated heterocycles. The van der Waals surface area contributed by atoms with Crippen molar-refractivity contribution in [1.82, 2.24) is 9.88 Å². The van der Waals surface area contributed by atoms with Gasteiger partial charge in [0.2, 0.25) is 0 Å². The van der Waals surface area contributed by atoms with Crippen molar-refractivity contribution in [2.45, 2.75) is 64.3 Å². The van der Waals surface area contributed by atoms with Gasteiger partial charge in [-0.1, -0.05) is 55.4 Å². The number of carboxylic acid groups (broad SMARTS) is 1. The first kappa shape index (κ1) is 23.7. The van der Waals surface area contributed by atoms with Crippen LogP contribution in [0.25, 0.3) is 10.2 Å². The lowest BCUT2D eigenvalue weighted by molar-refractivity contribution is -0.142. The number of carbonyl (C=O) groups is 1. The number of para-hydroxylation sites is 1. The molecule has 0 spiro atoms. The quantitative estimate of drug-likeness (QED) is 0.266. The van der Waals surface area contributed by atoms with Crippen LogP contribution in [0.4, 0.5) is 0 Å². The van der Waals surface area contributed by atoms with Gasteiger partial charge in [-0.3, -0.25) is 4.79 Å². The number of hydrogen-bond acceptors (Lipinski definition) is 5. The van der Waals surface area contributed by atoms with E-state index in [1.165, 1.54) is 18.4 Å². The van der Waals surface area contributed by atoms with Gasteiger partial charge in [0, 0.05) is 12.6 Å². The molecule has 33 heavy (non-hydrogen) atoms. The van der Waals surface area contributed by atoms with E-state index in [4.69, 9.17) is 4.74 Å². The molecule has 1 fully saturated rings. The van der Waals surface area contributed by atoms with Gasteiger partial charge in [0.1, 0.15) is 5.75 Å². The van der Waals surface area contributed by atoms with Crippen LogP contribution in [0.3, 0.4) is 0 Å². The molecule has 176 valence electrons. The Morgan fingerprint density at radius 2 is 1.91 bits per heavy atom. The third kappa shape index (κ3) is 7.02. The molecule has 1 N–H and O–H groups in total. The monoisotopic (exact) mass is 466 g/mol. The standard InChI is InChI=1S/C27H34N2O3S/c1-2-21(26(30)31)8-4-3-7-18-29(22-13-14-22)19-17-20-11-15-23(16-12-20)32-27-28-24-9-5-6-10-25(24)33-27/h5-6,9-12,15-16,21-22H,2-4,7-8,13-14,17-19H2,1H3,(H,30,31). The molecule has 2 aromatic carbocycles. The van der Waals surface area contributed by atoms with E-state index in [1.807, 2.05) is 37.3 Å². The van der Waals surface area contributed by atoms with Crippen LogP contribution in [0.1, 0.15) is 57.4 Å². The van der Waals surface area contributed by atoms with Gasteiger partial charge in [-0.25, -0.2) is 4.98 Å². The first-order chi connectivity index (χ1) is 16.1. The largest absolute Gasteiger partial charge is 0.481 e. The minimum Gasteiger partial charge on any atom is -0.481 e. The summed E-state index contributed by atoms with van der Waals surface area (Å²) in [7, 11) is 0. The summed E-state index contributed by atoms with van der Waals surface area (Å²) in [5, 5.41) is 9.86. The summed E-state index contributed by atoms with van der Waals surface area (Å²) in [6.45, 7) is 4.16. The van der Waals surface area contributed by atoms with Crippen LogP contribution in [0.2, 0.25) is 0 Å². The normalized spacial score (nSPS) is 14.6. The zero-order chi connectivity index (χ0) is 23.0. The Morgan fingerprint density at radius 3 is 2.61 bits per heavy atom. The first-order valence-corrected chi connectivity index (χ1v) is 13.0. The van der Waals surface area contributed by atoms with Crippen LogP contribution in [0.5, 0.6) is 10.9 Å². The van der Waals surface area contributed by atoms with E-state index < -0.39 is 5.97 Å². The molecule has 1 aliphatic carbocycles. The average molecular weight is 467 g/mol. The average Bonchev–Trinajstić information content (AvgIpc) is 3.58. The number of thiazole rings is 1. The number of nitrogens with zero attached hydrogens (tertiary/aromatic N) is 2. The molecule has 0 bridgehead atoms. The van der Waals surface area contributed by atoms with E-state index in [2.05, 4.69) is 28.1 Å². The van der Waals surface area contributed by atoms with Crippen molar-refractivity contribution in [2.24, 2.45) is 5.92 Å². The van der Waals surface area contributed by atoms with Crippen molar-refractivity contribution in [1.29, 1.82) is 0 Å². The minimum atomic E-state index is -0.645. The number of carboxylic acids is 1. The smallest absolute Gasteiger partial charge is 0.306 e. The molecule has 1 saturated carbocycles. The van der Waals surface area contributed by atoms with Gasteiger partial charge in [0.15, 0.2) is 0 Å². The SMILES string of the molecule is CCC(CCCCCN(CCc1ccc(Oc2nc3ccccc3s2)cc1)C1CC1)C(=O)O. The highest BCUT2D eigenvalue weighted by Crippen LogP contribution is 2.31. The third-order valence-corrected chi connectivity index (χ3v) is 7.41. The summed E-state index contributed by atoms with van der Waals surface area (Å²) in [5.41, 5.74) is 2.30. The molecule has 0 aliphatic heterocycles. The molecule has 1 unspecified atom stereocenters. The summed E-state index contributed by atoms with van der Waals surface area (Å²) < 4.78 is 7.10. The molecule has 0 radical (unpaired) electrons. The second kappa shape index (κ2) is 11.6. The fourth-order valence-corrected chi connectivity index (χ4v) is 5.13. The molecule has 6 heteroatoms. The molecular weight excluding hydrogens is 432 g/mol. The minimum absolute atomic E-state index is 0.175. The van der Waals surface area contributed by atoms with E-state index in [-0.39, 0.29) is 5.92 Å². The predicted octanol–water partition coefficient (Wildman–Crippen LogP) is 6.77. The molecular formula is C27H34N2O3S. The number of aromatic nitrogens is 1. The lowest BCUT2D eigenvalue weighted by Crippen LogP contribution is -2.29. The molecule has 3 aromatic rings. The summed E-state index contributed by atoms with van der Waals surface area (Å²) >= 11 is 1.57. The zero-order valence-electron chi connectivity index (χ0n) is 19.4. The van der Waals surface area contributed by atoms with Gasteiger partial charge >= 0.3 is 5.97 Å². The van der Waals surface area contributed by atoms with Gasteiger partial charge in [-0.2, -0.15) is 0 Å². The van der Waals surface area contributed by atoms with Crippen LogP contribution in [-0.4, -0.2) is 40.1 Å². The van der Waals surface area contributed by atoms with Crippen molar-refractivity contribution in [3.05, 3.63) is 54.1 Å². The van der Waals surface area contributed by atoms with Crippen molar-refractivity contribution in [2.75, 3.05) is 13.1 Å². The molecule has 4 rings (SSSR count). The Morgan fingerprint density at radius 1 is 1.12 bits per heavy atom. The molecule has 1 aliphatic rings. The highest BCUT2D eigenvalue weighted by molar-refractivity contribution is 7.20. The highest BCUT2D eigenvalue weighted by Gasteiger charge is 2.28. The maximum absolute atomic E-state index is 11.2. The molecule has 1 aromatic heterocycles. The number of fused-ring (bicyclic) bond motifs is 1. The molecule has 1 heterocycles. The second-order valence-electron chi connectivity index (χ2n) is 9.00. The molecule has 1 atom stereocenters. The maximum Gasteiger partial charge on any atom is 0.306 e. The number of rotatable bonds is 14. The van der Waals surface area contributed by atoms with Gasteiger partial charge in [0.05, 0.1) is 16.1 Å². The van der Waals surface area contributed by atoms with Gasteiger partial charge in [-0.15, -0.1) is 0 Å². The summed E-state index contributed by atoms with van der Waals surface area (Å²) in [6, 6.07) is 17.2. The van der Waals surface area contributed by atoms with Crippen molar-refractivity contribution < 1.29 is 14.6 Å². The number of benzene rings is 2. The van der Waals surface area contributed by atoms with E-state index in [0.717, 1.165) is 73.6 Å². The van der Waals surface area contributed by atoms with E-state index >= 15 is 0 Å². The zero-order valence-corrected chi connectivity index (χ0v) is 20.2. The second-order valence-corrected chi connectivity index (χ2v) is 10.00. The van der Waals surface area contributed by atoms with Crippen LogP contribution in [-0.2, 0) is 11.2 Å². The topological polar surface area (TPSA) is 62.7 Å². The van der Waals surface area contributed by atoms with Crippen molar-refractivity contribution >= 4 is 27.5 Å². The van der Waals surface area contributed by atoms with Crippen molar-refractivity contribution in [3.8, 4) is 10.9 Å². The Hall–Kier alpha value is -2.44. The number of unbranched alkanes of at least 4 members (excludes halogenated alkanes) is 2. The number of ether oxygens (including phenoxy) is 1. The van der Waals surface area contributed by atoms with Crippen LogP contribution in [0.15, 0.2) is 48.5 Å². The fourth-order valence-electron chi connectivity index (χ4n) is 4.29. The Kier molecular flexibility index (Phi) is 8.35. The maximum atomic E-state index is 11.2. The summed E-state index contributed by atoms with van der Waals surface area (Å²) in [4.78, 5) is 18.3. The van der Waals surface area contributed by atoms with Crippen LogP contribution >= 0.6 is 11.3 Å². The van der Waals surface area contributed by atoms with Crippen LogP contribution in [0, 0.1) is 5.92 Å². The molecule has 0 amide bonds. The van der Waals surface area contributed by atoms with E-state index in [0.29, 0.717) is 5.19 Å². The predicted molar refractivity (Wildman–Crippen MR) is 134 cm³/mol. The highest BCUT2D eigenvalue weighted by atomic mass is 32.1. The lowest BCUT2D eigenvalue weighted by atomic mass is 9.99. The number of aliphatic carboxylic acids is 1. The Bertz CT molecular complexity index is 996. The van der Waals surface area contributed by atoms with Gasteiger partial charge < -0.3 is 14.7 Å². The van der Waals surface area contributed by atoms with Gasteiger partial charge in [0.25, 0.3) is 5.19 Å². The summed E-state index contributed by atoms with van der Waals surface area (Å²) in [6.07, 6.45) is 8.48. The Balaban J connectivity index is 1.20. The molecule has 5 nitrogen and oxygen atoms in total. The third-order valence-electron chi connectivity index (χ3n) is 6.49. The fraction of sp³-hybridized carbons (Fsp3) is 0.481. The van der Waals surface area contributed by atoms with E-state index in [9.17, 15) is 9.90 Å². The van der Waals surface area contributed by atoms with Crippen LogP contribution < -0.4 is 4.74 Å². The Labute approximate surface area is 200 Å². The summed E-state index contributed by atoms with van der Waals surface area (Å²) in [5.74, 6) is 0.00310. The lowest BCUT2D eigenvalue weighted by Gasteiger charge is -2.22. The number of hydrogen-bond donors (Lipinski definition) is 1. The van der Waals surface area contributed by atoms with Gasteiger partial charge in [-0.05, 0) is 74.9 Å². The van der Waals surface area contributed by atoms with E-state index in [1.54, 1.807) is 11.3 Å². The van der Waals surface area contributed by atoms with Crippen molar-refractivity contribution in [3.63, 3.8) is 0 Å². The first-order valence-electron chi connectivity index (χ1n) is 12.2.